The summed E-state index contributed by atoms with van der Waals surface area (Å²) < 4.78 is 0. The van der Waals surface area contributed by atoms with Crippen molar-refractivity contribution < 1.29 is 0 Å². The van der Waals surface area contributed by atoms with E-state index in [0.29, 0.717) is 6.04 Å². The van der Waals surface area contributed by atoms with Crippen molar-refractivity contribution in [3.05, 3.63) is 65.7 Å². The first-order valence-corrected chi connectivity index (χ1v) is 7.23. The first kappa shape index (κ1) is 12.3. The van der Waals surface area contributed by atoms with Gasteiger partial charge >= 0.3 is 0 Å². The number of aryl methyl sites for hydroxylation is 1. The van der Waals surface area contributed by atoms with Crippen LogP contribution < -0.4 is 4.90 Å². The normalized spacial score (nSPS) is 19.4. The van der Waals surface area contributed by atoms with E-state index in [0.717, 1.165) is 0 Å². The highest BCUT2D eigenvalue weighted by atomic mass is 15.2. The average Bonchev–Trinajstić information content (AvgIpc) is 2.49. The van der Waals surface area contributed by atoms with E-state index in [1.165, 1.54) is 42.6 Å². The molecule has 0 amide bonds. The molecule has 0 spiro atoms. The number of hydrogen-bond acceptors (Lipinski definition) is 1. The Bertz CT molecular complexity index is 532. The van der Waals surface area contributed by atoms with E-state index in [4.69, 9.17) is 0 Å². The minimum Gasteiger partial charge on any atom is -0.364 e. The zero-order valence-electron chi connectivity index (χ0n) is 11.5. The molecule has 0 aromatic heterocycles. The monoisotopic (exact) mass is 251 g/mol. The van der Waals surface area contributed by atoms with Gasteiger partial charge in [0.1, 0.15) is 0 Å². The van der Waals surface area contributed by atoms with Crippen molar-refractivity contribution in [2.75, 3.05) is 11.4 Å². The second kappa shape index (κ2) is 5.48. The molecule has 2 aromatic rings. The van der Waals surface area contributed by atoms with Crippen molar-refractivity contribution >= 4 is 5.69 Å². The van der Waals surface area contributed by atoms with Crippen molar-refractivity contribution in [2.45, 2.75) is 32.2 Å². The molecule has 0 saturated carbocycles. The molecule has 1 nitrogen and oxygen atoms in total. The van der Waals surface area contributed by atoms with Crippen LogP contribution in [0.1, 0.15) is 36.4 Å². The fourth-order valence-electron chi connectivity index (χ4n) is 3.14. The number of hydrogen-bond donors (Lipinski definition) is 0. The second-order valence-corrected chi connectivity index (χ2v) is 5.40. The number of anilines is 1. The van der Waals surface area contributed by atoms with Crippen molar-refractivity contribution in [1.29, 1.82) is 0 Å². The molecular formula is C18H21N. The molecule has 1 aliphatic rings. The molecule has 0 radical (unpaired) electrons. The van der Waals surface area contributed by atoms with E-state index >= 15 is 0 Å². The minimum atomic E-state index is 0.539. The highest BCUT2D eigenvalue weighted by Gasteiger charge is 2.24. The van der Waals surface area contributed by atoms with Gasteiger partial charge < -0.3 is 4.90 Å². The van der Waals surface area contributed by atoms with Gasteiger partial charge in [-0.25, -0.2) is 0 Å². The number of rotatable bonds is 2. The highest BCUT2D eigenvalue weighted by molar-refractivity contribution is 5.50. The van der Waals surface area contributed by atoms with Crippen LogP contribution in [0.3, 0.4) is 0 Å². The summed E-state index contributed by atoms with van der Waals surface area (Å²) in [6.07, 6.45) is 3.90. The largest absolute Gasteiger partial charge is 0.364 e. The van der Waals surface area contributed by atoms with E-state index in [2.05, 4.69) is 66.4 Å². The predicted molar refractivity (Wildman–Crippen MR) is 81.6 cm³/mol. The molecule has 1 atom stereocenters. The summed E-state index contributed by atoms with van der Waals surface area (Å²) in [5, 5.41) is 0. The van der Waals surface area contributed by atoms with Crippen LogP contribution >= 0.6 is 0 Å². The zero-order chi connectivity index (χ0) is 13.1. The van der Waals surface area contributed by atoms with Crippen LogP contribution in [0.15, 0.2) is 54.6 Å². The summed E-state index contributed by atoms with van der Waals surface area (Å²) in [6.45, 7) is 3.40. The summed E-state index contributed by atoms with van der Waals surface area (Å²) in [6, 6.07) is 20.2. The molecule has 0 N–H and O–H groups in total. The van der Waals surface area contributed by atoms with Crippen LogP contribution in [0.25, 0.3) is 0 Å². The lowest BCUT2D eigenvalue weighted by Gasteiger charge is -2.38. The Hall–Kier alpha value is -1.76. The van der Waals surface area contributed by atoms with Gasteiger partial charge in [-0.3, -0.25) is 0 Å². The predicted octanol–water partition coefficient (Wildman–Crippen LogP) is 4.73. The summed E-state index contributed by atoms with van der Waals surface area (Å²) in [5.41, 5.74) is 4.26. The van der Waals surface area contributed by atoms with Gasteiger partial charge in [-0.1, -0.05) is 42.5 Å². The summed E-state index contributed by atoms with van der Waals surface area (Å²) >= 11 is 0. The molecule has 1 heteroatoms. The SMILES string of the molecule is Cc1ccccc1C1CCCCN1c1ccccc1. The number of benzene rings is 2. The lowest BCUT2D eigenvalue weighted by Crippen LogP contribution is -2.33. The third kappa shape index (κ3) is 2.51. The van der Waals surface area contributed by atoms with E-state index in [9.17, 15) is 0 Å². The summed E-state index contributed by atoms with van der Waals surface area (Å²) in [7, 11) is 0. The van der Waals surface area contributed by atoms with Crippen molar-refractivity contribution in [3.63, 3.8) is 0 Å². The number of para-hydroxylation sites is 1. The van der Waals surface area contributed by atoms with Crippen LogP contribution in [0.5, 0.6) is 0 Å². The fourth-order valence-corrected chi connectivity index (χ4v) is 3.14. The molecule has 19 heavy (non-hydrogen) atoms. The van der Waals surface area contributed by atoms with Crippen LogP contribution in [0.2, 0.25) is 0 Å². The van der Waals surface area contributed by atoms with E-state index in [-0.39, 0.29) is 0 Å². The quantitative estimate of drug-likeness (QED) is 0.746. The molecular weight excluding hydrogens is 230 g/mol. The lowest BCUT2D eigenvalue weighted by molar-refractivity contribution is 0.472. The Morgan fingerprint density at radius 3 is 2.42 bits per heavy atom. The Morgan fingerprint density at radius 2 is 1.63 bits per heavy atom. The van der Waals surface area contributed by atoms with E-state index in [1.54, 1.807) is 0 Å². The van der Waals surface area contributed by atoms with Gasteiger partial charge in [0, 0.05) is 12.2 Å². The molecule has 0 aliphatic carbocycles. The van der Waals surface area contributed by atoms with E-state index in [1.807, 2.05) is 0 Å². The third-order valence-electron chi connectivity index (χ3n) is 4.14. The maximum absolute atomic E-state index is 2.58. The summed E-state index contributed by atoms with van der Waals surface area (Å²) in [4.78, 5) is 2.58. The smallest absolute Gasteiger partial charge is 0.0545 e. The van der Waals surface area contributed by atoms with Gasteiger partial charge in [0.05, 0.1) is 6.04 Å². The standard InChI is InChI=1S/C18H21N/c1-15-9-5-6-12-17(15)18-13-7-8-14-19(18)16-10-3-2-4-11-16/h2-6,9-12,18H,7-8,13-14H2,1H3. The lowest BCUT2D eigenvalue weighted by atomic mass is 9.92. The molecule has 1 heterocycles. The molecule has 3 rings (SSSR count). The van der Waals surface area contributed by atoms with E-state index < -0.39 is 0 Å². The maximum atomic E-state index is 2.58. The van der Waals surface area contributed by atoms with Crippen molar-refractivity contribution in [1.82, 2.24) is 0 Å². The van der Waals surface area contributed by atoms with Crippen LogP contribution in [-0.2, 0) is 0 Å². The molecule has 1 aliphatic heterocycles. The Labute approximate surface area is 115 Å². The molecule has 1 fully saturated rings. The van der Waals surface area contributed by atoms with Gasteiger partial charge in [0.2, 0.25) is 0 Å². The topological polar surface area (TPSA) is 3.24 Å². The van der Waals surface area contributed by atoms with Crippen molar-refractivity contribution in [2.24, 2.45) is 0 Å². The first-order chi connectivity index (χ1) is 9.36. The number of nitrogens with zero attached hydrogens (tertiary/aromatic N) is 1. The molecule has 0 bridgehead atoms. The van der Waals surface area contributed by atoms with Gasteiger partial charge in [-0.2, -0.15) is 0 Å². The zero-order valence-corrected chi connectivity index (χ0v) is 11.5. The molecule has 1 saturated heterocycles. The number of piperidine rings is 1. The van der Waals surface area contributed by atoms with Gasteiger partial charge in [-0.05, 0) is 49.4 Å². The third-order valence-corrected chi connectivity index (χ3v) is 4.14. The highest BCUT2D eigenvalue weighted by Crippen LogP contribution is 2.35. The average molecular weight is 251 g/mol. The first-order valence-electron chi connectivity index (χ1n) is 7.23. The Balaban J connectivity index is 1.96. The Morgan fingerprint density at radius 1 is 0.895 bits per heavy atom. The second-order valence-electron chi connectivity index (χ2n) is 5.40. The fraction of sp³-hybridized carbons (Fsp3) is 0.333. The van der Waals surface area contributed by atoms with Crippen LogP contribution in [0.4, 0.5) is 5.69 Å². The molecule has 2 aromatic carbocycles. The van der Waals surface area contributed by atoms with Gasteiger partial charge in [-0.15, -0.1) is 0 Å². The minimum absolute atomic E-state index is 0.539. The van der Waals surface area contributed by atoms with Gasteiger partial charge in [0.25, 0.3) is 0 Å². The summed E-state index contributed by atoms with van der Waals surface area (Å²) in [5.74, 6) is 0. The van der Waals surface area contributed by atoms with Crippen LogP contribution in [-0.4, -0.2) is 6.54 Å². The van der Waals surface area contributed by atoms with Crippen LogP contribution in [0, 0.1) is 6.92 Å². The van der Waals surface area contributed by atoms with Crippen molar-refractivity contribution in [3.8, 4) is 0 Å². The van der Waals surface area contributed by atoms with Gasteiger partial charge in [0.15, 0.2) is 0 Å². The maximum Gasteiger partial charge on any atom is 0.0545 e. The molecule has 98 valence electrons. The Kier molecular flexibility index (Phi) is 3.54. The molecule has 1 unspecified atom stereocenters.